The zero-order chi connectivity index (χ0) is 15.4. The number of hydrogen-bond donors (Lipinski definition) is 3. The van der Waals surface area contributed by atoms with Gasteiger partial charge in [-0.15, -0.1) is 0 Å². The number of carboxylic acid groups (broad SMARTS) is 2. The van der Waals surface area contributed by atoms with Gasteiger partial charge in [-0.2, -0.15) is 0 Å². The van der Waals surface area contributed by atoms with Crippen LogP contribution in [0.4, 0.5) is 8.78 Å². The number of aryl methyl sites for hydroxylation is 1. The molecule has 0 aliphatic carbocycles. The summed E-state index contributed by atoms with van der Waals surface area (Å²) < 4.78 is 26.5. The van der Waals surface area contributed by atoms with E-state index in [1.807, 2.05) is 5.32 Å². The van der Waals surface area contributed by atoms with Gasteiger partial charge in [-0.1, -0.05) is 0 Å². The van der Waals surface area contributed by atoms with E-state index >= 15 is 0 Å². The Morgan fingerprint density at radius 1 is 1.20 bits per heavy atom. The van der Waals surface area contributed by atoms with Gasteiger partial charge in [-0.25, -0.2) is 13.6 Å². The highest BCUT2D eigenvalue weighted by molar-refractivity contribution is 5.97. The maximum Gasteiger partial charge on any atom is 0.326 e. The molecule has 3 N–H and O–H groups in total. The smallest absolute Gasteiger partial charge is 0.326 e. The van der Waals surface area contributed by atoms with Crippen LogP contribution in [0.5, 0.6) is 0 Å². The van der Waals surface area contributed by atoms with Crippen molar-refractivity contribution < 1.29 is 33.4 Å². The number of carbonyl (C=O) groups is 3. The summed E-state index contributed by atoms with van der Waals surface area (Å²) in [6.07, 6.45) is -0.858. The quantitative estimate of drug-likeness (QED) is 0.747. The third kappa shape index (κ3) is 3.74. The van der Waals surface area contributed by atoms with Crippen LogP contribution in [0.25, 0.3) is 0 Å². The first-order chi connectivity index (χ1) is 9.22. The van der Waals surface area contributed by atoms with E-state index in [2.05, 4.69) is 0 Å². The molecular formula is C12H11F2NO5. The molecule has 0 heterocycles. The number of aliphatic carboxylic acids is 2. The number of benzene rings is 1. The highest BCUT2D eigenvalue weighted by Crippen LogP contribution is 2.14. The Hall–Kier alpha value is -2.51. The fourth-order valence-corrected chi connectivity index (χ4v) is 1.44. The molecule has 20 heavy (non-hydrogen) atoms. The van der Waals surface area contributed by atoms with E-state index in [4.69, 9.17) is 10.2 Å². The Kier molecular flexibility index (Phi) is 4.73. The zero-order valence-corrected chi connectivity index (χ0v) is 10.3. The van der Waals surface area contributed by atoms with E-state index in [-0.39, 0.29) is 5.56 Å². The molecule has 1 unspecified atom stereocenters. The van der Waals surface area contributed by atoms with Gasteiger partial charge in [0.1, 0.15) is 17.7 Å². The van der Waals surface area contributed by atoms with Crippen LogP contribution in [0.15, 0.2) is 12.1 Å². The number of nitrogens with one attached hydrogen (secondary N) is 1. The van der Waals surface area contributed by atoms with Gasteiger partial charge in [0.2, 0.25) is 0 Å². The van der Waals surface area contributed by atoms with E-state index < -0.39 is 47.5 Å². The van der Waals surface area contributed by atoms with Crippen LogP contribution in [0.2, 0.25) is 0 Å². The normalized spacial score (nSPS) is 11.8. The Balaban J connectivity index is 2.97. The van der Waals surface area contributed by atoms with E-state index in [0.717, 1.165) is 6.07 Å². The van der Waals surface area contributed by atoms with Crippen molar-refractivity contribution in [3.63, 3.8) is 0 Å². The second-order valence-corrected chi connectivity index (χ2v) is 4.04. The molecule has 0 bridgehead atoms. The number of rotatable bonds is 5. The van der Waals surface area contributed by atoms with Crippen LogP contribution in [-0.4, -0.2) is 34.1 Å². The first-order valence-electron chi connectivity index (χ1n) is 5.43. The molecule has 8 heteroatoms. The lowest BCUT2D eigenvalue weighted by Gasteiger charge is -2.13. The van der Waals surface area contributed by atoms with Gasteiger partial charge in [-0.05, 0) is 18.6 Å². The minimum Gasteiger partial charge on any atom is -0.481 e. The highest BCUT2D eigenvalue weighted by atomic mass is 19.1. The number of amides is 1. The summed E-state index contributed by atoms with van der Waals surface area (Å²) in [6, 6.07) is -0.290. The van der Waals surface area contributed by atoms with E-state index in [9.17, 15) is 23.2 Å². The lowest BCUT2D eigenvalue weighted by Crippen LogP contribution is -2.42. The van der Waals surface area contributed by atoms with E-state index in [1.165, 1.54) is 6.92 Å². The molecular weight excluding hydrogens is 276 g/mol. The Bertz CT molecular complexity index is 573. The summed E-state index contributed by atoms with van der Waals surface area (Å²) in [6.45, 7) is 1.30. The Morgan fingerprint density at radius 3 is 2.30 bits per heavy atom. The van der Waals surface area contributed by atoms with E-state index in [1.54, 1.807) is 0 Å². The summed E-state index contributed by atoms with van der Waals surface area (Å²) in [5, 5.41) is 19.1. The van der Waals surface area contributed by atoms with Crippen molar-refractivity contribution in [3.8, 4) is 0 Å². The summed E-state index contributed by atoms with van der Waals surface area (Å²) in [7, 11) is 0. The third-order valence-electron chi connectivity index (χ3n) is 2.48. The van der Waals surface area contributed by atoms with Crippen molar-refractivity contribution >= 4 is 17.8 Å². The van der Waals surface area contributed by atoms with Crippen LogP contribution in [0, 0.1) is 18.6 Å². The maximum absolute atomic E-state index is 13.4. The second-order valence-electron chi connectivity index (χ2n) is 4.04. The third-order valence-corrected chi connectivity index (χ3v) is 2.48. The summed E-state index contributed by atoms with van der Waals surface area (Å²) in [4.78, 5) is 32.9. The first kappa shape index (κ1) is 15.5. The molecule has 108 valence electrons. The molecule has 0 spiro atoms. The second kappa shape index (κ2) is 6.09. The molecule has 0 saturated heterocycles. The van der Waals surface area contributed by atoms with Crippen molar-refractivity contribution in [2.45, 2.75) is 19.4 Å². The summed E-state index contributed by atoms with van der Waals surface area (Å²) in [5.74, 6) is -6.14. The zero-order valence-electron chi connectivity index (χ0n) is 10.3. The van der Waals surface area contributed by atoms with Crippen molar-refractivity contribution in [1.82, 2.24) is 5.32 Å². The van der Waals surface area contributed by atoms with Crippen LogP contribution in [-0.2, 0) is 9.59 Å². The summed E-state index contributed by atoms with van der Waals surface area (Å²) in [5.41, 5.74) is -0.554. The number of halogens is 2. The molecule has 0 radical (unpaired) electrons. The van der Waals surface area contributed by atoms with Crippen molar-refractivity contribution in [1.29, 1.82) is 0 Å². The number of carbonyl (C=O) groups excluding carboxylic acids is 1. The topological polar surface area (TPSA) is 104 Å². The highest BCUT2D eigenvalue weighted by Gasteiger charge is 2.25. The van der Waals surface area contributed by atoms with Gasteiger partial charge < -0.3 is 15.5 Å². The fourth-order valence-electron chi connectivity index (χ4n) is 1.44. The Morgan fingerprint density at radius 2 is 1.80 bits per heavy atom. The fraction of sp³-hybridized carbons (Fsp3) is 0.250. The molecule has 0 fully saturated rings. The molecule has 0 aliphatic rings. The molecule has 1 aromatic carbocycles. The maximum atomic E-state index is 13.4. The minimum absolute atomic E-state index is 0.00154. The van der Waals surface area contributed by atoms with Crippen LogP contribution >= 0.6 is 0 Å². The average Bonchev–Trinajstić information content (AvgIpc) is 2.32. The molecule has 6 nitrogen and oxygen atoms in total. The molecule has 1 aromatic rings. The SMILES string of the molecule is Cc1cc(C(=O)NC(CC(=O)O)C(=O)O)c(F)cc1F. The molecule has 0 aromatic heterocycles. The number of hydrogen-bond acceptors (Lipinski definition) is 3. The minimum atomic E-state index is -1.70. The van der Waals surface area contributed by atoms with E-state index in [0.29, 0.717) is 6.07 Å². The predicted octanol–water partition coefficient (Wildman–Crippen LogP) is 0.931. The van der Waals surface area contributed by atoms with Gasteiger partial charge in [-0.3, -0.25) is 9.59 Å². The lowest BCUT2D eigenvalue weighted by atomic mass is 10.1. The first-order valence-corrected chi connectivity index (χ1v) is 5.43. The standard InChI is InChI=1S/C12H11F2NO5/c1-5-2-6(8(14)3-7(5)13)11(18)15-9(12(19)20)4-10(16)17/h2-3,9H,4H2,1H3,(H,15,18)(H,16,17)(H,19,20). The predicted molar refractivity (Wildman–Crippen MR) is 62.2 cm³/mol. The van der Waals surface area contributed by atoms with Gasteiger partial charge in [0.15, 0.2) is 0 Å². The Labute approximate surface area is 112 Å². The van der Waals surface area contributed by atoms with Crippen LogP contribution in [0.1, 0.15) is 22.3 Å². The monoisotopic (exact) mass is 287 g/mol. The lowest BCUT2D eigenvalue weighted by molar-refractivity contribution is -0.145. The largest absolute Gasteiger partial charge is 0.481 e. The molecule has 1 amide bonds. The molecule has 1 rings (SSSR count). The van der Waals surface area contributed by atoms with Gasteiger partial charge in [0.05, 0.1) is 12.0 Å². The number of carboxylic acids is 2. The van der Waals surface area contributed by atoms with Crippen molar-refractivity contribution in [2.75, 3.05) is 0 Å². The summed E-state index contributed by atoms with van der Waals surface area (Å²) >= 11 is 0. The van der Waals surface area contributed by atoms with Crippen molar-refractivity contribution in [3.05, 3.63) is 34.9 Å². The molecule has 0 aliphatic heterocycles. The van der Waals surface area contributed by atoms with Crippen LogP contribution in [0.3, 0.4) is 0 Å². The van der Waals surface area contributed by atoms with Gasteiger partial charge >= 0.3 is 11.9 Å². The molecule has 1 atom stereocenters. The average molecular weight is 287 g/mol. The van der Waals surface area contributed by atoms with Crippen LogP contribution < -0.4 is 5.32 Å². The molecule has 0 saturated carbocycles. The van der Waals surface area contributed by atoms with Gasteiger partial charge in [0, 0.05) is 6.07 Å². The van der Waals surface area contributed by atoms with Crippen molar-refractivity contribution in [2.24, 2.45) is 0 Å². The van der Waals surface area contributed by atoms with Gasteiger partial charge in [0.25, 0.3) is 5.91 Å².